The Morgan fingerprint density at radius 3 is 3.00 bits per heavy atom. The van der Waals surface area contributed by atoms with Gasteiger partial charge in [-0.15, -0.1) is 12.3 Å². The Bertz CT molecular complexity index is 314. The lowest BCUT2D eigenvalue weighted by atomic mass is 10.1. The number of nitrogens with zero attached hydrogens (tertiary/aromatic N) is 1. The lowest BCUT2D eigenvalue weighted by molar-refractivity contribution is 0.552. The van der Waals surface area contributed by atoms with Crippen molar-refractivity contribution < 1.29 is 0 Å². The molecule has 0 aromatic carbocycles. The Hall–Kier alpha value is -1.37. The van der Waals surface area contributed by atoms with E-state index in [0.717, 1.165) is 11.4 Å². The highest BCUT2D eigenvalue weighted by Crippen LogP contribution is 2.12. The van der Waals surface area contributed by atoms with E-state index in [1.165, 1.54) is 0 Å². The number of hydrazine groups is 1. The quantitative estimate of drug-likeness (QED) is 0.408. The molecule has 0 amide bonds. The van der Waals surface area contributed by atoms with Gasteiger partial charge in [-0.1, -0.05) is 6.07 Å². The molecule has 13 heavy (non-hydrogen) atoms. The largest absolute Gasteiger partial charge is 0.271 e. The molecule has 1 unspecified atom stereocenters. The third kappa shape index (κ3) is 2.55. The van der Waals surface area contributed by atoms with Gasteiger partial charge in [0.25, 0.3) is 0 Å². The molecule has 0 saturated carbocycles. The summed E-state index contributed by atoms with van der Waals surface area (Å²) < 4.78 is 0. The van der Waals surface area contributed by atoms with Crippen LogP contribution in [0.3, 0.4) is 0 Å². The first kappa shape index (κ1) is 9.72. The van der Waals surface area contributed by atoms with Crippen molar-refractivity contribution in [2.75, 3.05) is 0 Å². The Kier molecular flexibility index (Phi) is 3.44. The topological polar surface area (TPSA) is 50.9 Å². The summed E-state index contributed by atoms with van der Waals surface area (Å²) in [4.78, 5) is 4.32. The molecule has 0 bridgehead atoms. The number of aryl methyl sites for hydroxylation is 1. The summed E-state index contributed by atoms with van der Waals surface area (Å²) in [5, 5.41) is 0. The molecule has 1 rings (SSSR count). The molecule has 0 saturated heterocycles. The number of pyridine rings is 1. The van der Waals surface area contributed by atoms with Crippen LogP contribution in [0.25, 0.3) is 0 Å². The van der Waals surface area contributed by atoms with E-state index in [0.29, 0.717) is 6.42 Å². The lowest BCUT2D eigenvalue weighted by Gasteiger charge is -2.12. The minimum absolute atomic E-state index is 0.0510. The van der Waals surface area contributed by atoms with E-state index in [1.54, 1.807) is 0 Å². The van der Waals surface area contributed by atoms with Gasteiger partial charge in [0.15, 0.2) is 0 Å². The molecule has 1 aromatic heterocycles. The van der Waals surface area contributed by atoms with Crippen LogP contribution in [0.1, 0.15) is 23.9 Å². The van der Waals surface area contributed by atoms with Gasteiger partial charge in [-0.2, -0.15) is 0 Å². The number of nitrogens with one attached hydrogen (secondary N) is 1. The van der Waals surface area contributed by atoms with E-state index in [4.69, 9.17) is 12.3 Å². The van der Waals surface area contributed by atoms with E-state index in [2.05, 4.69) is 16.3 Å². The van der Waals surface area contributed by atoms with Crippen molar-refractivity contribution in [2.24, 2.45) is 5.84 Å². The Morgan fingerprint density at radius 1 is 1.69 bits per heavy atom. The molecule has 0 fully saturated rings. The van der Waals surface area contributed by atoms with Gasteiger partial charge in [-0.05, 0) is 19.1 Å². The molecule has 0 aliphatic rings. The van der Waals surface area contributed by atoms with Gasteiger partial charge >= 0.3 is 0 Å². The Balaban J connectivity index is 2.86. The molecule has 3 heteroatoms. The zero-order valence-electron chi connectivity index (χ0n) is 7.62. The van der Waals surface area contributed by atoms with Crippen molar-refractivity contribution in [3.8, 4) is 12.3 Å². The highest BCUT2D eigenvalue weighted by atomic mass is 15.2. The molecule has 0 spiro atoms. The second-order valence-corrected chi connectivity index (χ2v) is 2.83. The van der Waals surface area contributed by atoms with Crippen LogP contribution in [0, 0.1) is 19.3 Å². The van der Waals surface area contributed by atoms with Crippen molar-refractivity contribution in [3.05, 3.63) is 29.6 Å². The van der Waals surface area contributed by atoms with Gasteiger partial charge in [0.05, 0.1) is 11.7 Å². The minimum Gasteiger partial charge on any atom is -0.271 e. The summed E-state index contributed by atoms with van der Waals surface area (Å²) in [6.45, 7) is 1.94. The predicted octanol–water partition coefficient (Wildman–Crippen LogP) is 0.918. The lowest BCUT2D eigenvalue weighted by Crippen LogP contribution is -2.28. The van der Waals surface area contributed by atoms with Crippen LogP contribution in [0.5, 0.6) is 0 Å². The van der Waals surface area contributed by atoms with Crippen LogP contribution in [0.15, 0.2) is 18.2 Å². The van der Waals surface area contributed by atoms with Gasteiger partial charge in [-0.25, -0.2) is 0 Å². The van der Waals surface area contributed by atoms with Crippen LogP contribution >= 0.6 is 0 Å². The SMILES string of the molecule is C#CCC(NN)c1cccc(C)n1. The molecular weight excluding hydrogens is 162 g/mol. The number of hydrogen-bond acceptors (Lipinski definition) is 3. The van der Waals surface area contributed by atoms with E-state index < -0.39 is 0 Å². The average molecular weight is 175 g/mol. The minimum atomic E-state index is -0.0510. The molecule has 3 N–H and O–H groups in total. The van der Waals surface area contributed by atoms with Crippen LogP contribution in [0.2, 0.25) is 0 Å². The van der Waals surface area contributed by atoms with Gasteiger partial charge < -0.3 is 0 Å². The van der Waals surface area contributed by atoms with Crippen molar-refractivity contribution in [3.63, 3.8) is 0 Å². The molecule has 68 valence electrons. The number of hydrogen-bond donors (Lipinski definition) is 2. The molecular formula is C10H13N3. The fourth-order valence-corrected chi connectivity index (χ4v) is 1.12. The normalized spacial score (nSPS) is 12.1. The maximum absolute atomic E-state index is 5.36. The number of terminal acetylenes is 1. The second kappa shape index (κ2) is 4.61. The standard InChI is InChI=1S/C10H13N3/c1-3-5-10(13-11)9-7-4-6-8(2)12-9/h1,4,6-7,10,13H,5,11H2,2H3. The van der Waals surface area contributed by atoms with Crippen LogP contribution in [0.4, 0.5) is 0 Å². The molecule has 3 nitrogen and oxygen atoms in total. The number of nitrogens with two attached hydrogens (primary N) is 1. The van der Waals surface area contributed by atoms with E-state index in [9.17, 15) is 0 Å². The fourth-order valence-electron chi connectivity index (χ4n) is 1.12. The molecule has 1 atom stereocenters. The summed E-state index contributed by atoms with van der Waals surface area (Å²) >= 11 is 0. The van der Waals surface area contributed by atoms with E-state index in [1.807, 2.05) is 25.1 Å². The molecule has 0 aliphatic heterocycles. The predicted molar refractivity (Wildman–Crippen MR) is 52.5 cm³/mol. The molecule has 0 radical (unpaired) electrons. The van der Waals surface area contributed by atoms with Crippen LogP contribution in [-0.2, 0) is 0 Å². The van der Waals surface area contributed by atoms with Gasteiger partial charge in [0.1, 0.15) is 0 Å². The highest BCUT2D eigenvalue weighted by Gasteiger charge is 2.08. The summed E-state index contributed by atoms with van der Waals surface area (Å²) in [5.74, 6) is 7.91. The molecule has 1 heterocycles. The molecule has 1 aromatic rings. The van der Waals surface area contributed by atoms with Gasteiger partial charge in [0, 0.05) is 12.1 Å². The van der Waals surface area contributed by atoms with Gasteiger partial charge in [0.2, 0.25) is 0 Å². The van der Waals surface area contributed by atoms with Crippen LogP contribution in [-0.4, -0.2) is 4.98 Å². The van der Waals surface area contributed by atoms with Gasteiger partial charge in [-0.3, -0.25) is 16.3 Å². The monoisotopic (exact) mass is 175 g/mol. The highest BCUT2D eigenvalue weighted by molar-refractivity contribution is 5.14. The first-order valence-corrected chi connectivity index (χ1v) is 4.11. The summed E-state index contributed by atoms with van der Waals surface area (Å²) in [7, 11) is 0. The Morgan fingerprint density at radius 2 is 2.46 bits per heavy atom. The second-order valence-electron chi connectivity index (χ2n) is 2.83. The summed E-state index contributed by atoms with van der Waals surface area (Å²) in [5.41, 5.74) is 4.50. The number of aromatic nitrogens is 1. The van der Waals surface area contributed by atoms with Crippen molar-refractivity contribution in [2.45, 2.75) is 19.4 Å². The third-order valence-electron chi connectivity index (χ3n) is 1.79. The van der Waals surface area contributed by atoms with Crippen molar-refractivity contribution >= 4 is 0 Å². The number of rotatable bonds is 3. The summed E-state index contributed by atoms with van der Waals surface area (Å²) in [6, 6.07) is 5.74. The van der Waals surface area contributed by atoms with E-state index >= 15 is 0 Å². The summed E-state index contributed by atoms with van der Waals surface area (Å²) in [6.07, 6.45) is 5.76. The first-order chi connectivity index (χ1) is 6.27. The maximum Gasteiger partial charge on any atom is 0.0741 e. The third-order valence-corrected chi connectivity index (χ3v) is 1.79. The van der Waals surface area contributed by atoms with Crippen molar-refractivity contribution in [1.29, 1.82) is 0 Å². The van der Waals surface area contributed by atoms with Crippen LogP contribution < -0.4 is 11.3 Å². The van der Waals surface area contributed by atoms with E-state index in [-0.39, 0.29) is 6.04 Å². The maximum atomic E-state index is 5.36. The van der Waals surface area contributed by atoms with Crippen molar-refractivity contribution in [1.82, 2.24) is 10.4 Å². The molecule has 0 aliphatic carbocycles. The smallest absolute Gasteiger partial charge is 0.0741 e. The first-order valence-electron chi connectivity index (χ1n) is 4.11. The average Bonchev–Trinajstić information content (AvgIpc) is 2.14. The fraction of sp³-hybridized carbons (Fsp3) is 0.300. The zero-order valence-corrected chi connectivity index (χ0v) is 7.62. The zero-order chi connectivity index (χ0) is 9.68. The Labute approximate surface area is 78.3 Å².